The number of aliphatic hydroxyl groups excluding tert-OH is 3. The quantitative estimate of drug-likeness (QED) is 0.567. The van der Waals surface area contributed by atoms with Crippen LogP contribution in [0.2, 0.25) is 0 Å². The minimum absolute atomic E-state index is 0.248. The summed E-state index contributed by atoms with van der Waals surface area (Å²) in [6, 6.07) is 6.32. The lowest BCUT2D eigenvalue weighted by molar-refractivity contribution is -0.101. The molecule has 1 aromatic rings. The second-order valence-corrected chi connectivity index (χ2v) is 3.46. The third kappa shape index (κ3) is 1.23. The molecule has 0 aromatic heterocycles. The van der Waals surface area contributed by atoms with Crippen molar-refractivity contribution in [1.29, 1.82) is 0 Å². The average Bonchev–Trinajstić information content (AvgIpc) is 2.23. The van der Waals surface area contributed by atoms with Crippen LogP contribution in [0.3, 0.4) is 0 Å². The van der Waals surface area contributed by atoms with Crippen molar-refractivity contribution in [2.45, 2.75) is 24.5 Å². The van der Waals surface area contributed by atoms with E-state index >= 15 is 0 Å². The first kappa shape index (κ1) is 9.58. The molecule has 3 N–H and O–H groups in total. The number of hydrogen-bond acceptors (Lipinski definition) is 3. The van der Waals surface area contributed by atoms with Crippen molar-refractivity contribution >= 4 is 0 Å². The summed E-state index contributed by atoms with van der Waals surface area (Å²) < 4.78 is 13.5. The Morgan fingerprint density at radius 1 is 0.929 bits per heavy atom. The Kier molecular flexibility index (Phi) is 2.26. The Morgan fingerprint density at radius 2 is 1.50 bits per heavy atom. The van der Waals surface area contributed by atoms with Gasteiger partial charge < -0.3 is 15.3 Å². The zero-order chi connectivity index (χ0) is 10.3. The minimum atomic E-state index is -1.63. The first-order chi connectivity index (χ1) is 6.63. The van der Waals surface area contributed by atoms with E-state index in [0.29, 0.717) is 5.56 Å². The number of hydrogen-bond donors (Lipinski definition) is 3. The van der Waals surface area contributed by atoms with E-state index in [1.54, 1.807) is 18.2 Å². The Bertz CT molecular complexity index is 309. The Balaban J connectivity index is 2.51. The molecule has 0 aliphatic heterocycles. The van der Waals surface area contributed by atoms with Gasteiger partial charge in [-0.05, 0) is 11.1 Å². The molecule has 14 heavy (non-hydrogen) atoms. The normalized spacial score (nSPS) is 36.6. The highest BCUT2D eigenvalue weighted by atomic mass is 19.1. The van der Waals surface area contributed by atoms with Crippen molar-refractivity contribution in [3.05, 3.63) is 35.4 Å². The molecule has 0 saturated heterocycles. The topological polar surface area (TPSA) is 60.7 Å². The van der Waals surface area contributed by atoms with Crippen LogP contribution >= 0.6 is 0 Å². The standard InChI is InChI=1S/C10H11FO3/c11-7-5-3-1-2-4-6(5)8(12)10(14)9(7)13/h1-4,7-10,12-14H. The van der Waals surface area contributed by atoms with Crippen molar-refractivity contribution in [1.82, 2.24) is 0 Å². The van der Waals surface area contributed by atoms with Gasteiger partial charge >= 0.3 is 0 Å². The first-order valence-corrected chi connectivity index (χ1v) is 4.40. The summed E-state index contributed by atoms with van der Waals surface area (Å²) in [7, 11) is 0. The molecule has 2 rings (SSSR count). The number of rotatable bonds is 0. The van der Waals surface area contributed by atoms with Gasteiger partial charge in [-0.2, -0.15) is 0 Å². The molecule has 0 bridgehead atoms. The molecule has 4 unspecified atom stereocenters. The Hall–Kier alpha value is -0.970. The zero-order valence-electron chi connectivity index (χ0n) is 7.34. The Morgan fingerprint density at radius 3 is 2.14 bits per heavy atom. The highest BCUT2D eigenvalue weighted by molar-refractivity contribution is 5.35. The molecule has 3 nitrogen and oxygen atoms in total. The highest BCUT2D eigenvalue weighted by Crippen LogP contribution is 2.38. The van der Waals surface area contributed by atoms with Crippen LogP contribution in [0, 0.1) is 0 Å². The van der Waals surface area contributed by atoms with Gasteiger partial charge in [0, 0.05) is 0 Å². The highest BCUT2D eigenvalue weighted by Gasteiger charge is 2.40. The van der Waals surface area contributed by atoms with E-state index in [1.165, 1.54) is 6.07 Å². The second-order valence-electron chi connectivity index (χ2n) is 3.46. The fourth-order valence-corrected chi connectivity index (χ4v) is 1.76. The Labute approximate surface area is 80.4 Å². The van der Waals surface area contributed by atoms with E-state index in [4.69, 9.17) is 0 Å². The van der Waals surface area contributed by atoms with E-state index in [-0.39, 0.29) is 5.56 Å². The van der Waals surface area contributed by atoms with Gasteiger partial charge in [-0.3, -0.25) is 0 Å². The lowest BCUT2D eigenvalue weighted by Gasteiger charge is -2.33. The molecule has 1 aromatic carbocycles. The summed E-state index contributed by atoms with van der Waals surface area (Å²) in [5.74, 6) is 0. The SMILES string of the molecule is OC1c2ccccc2C(F)C(O)C1O. The van der Waals surface area contributed by atoms with Crippen molar-refractivity contribution < 1.29 is 19.7 Å². The maximum atomic E-state index is 13.5. The summed E-state index contributed by atoms with van der Waals surface area (Å²) in [5.41, 5.74) is 0.593. The zero-order valence-corrected chi connectivity index (χ0v) is 7.34. The van der Waals surface area contributed by atoms with Gasteiger partial charge in [0.25, 0.3) is 0 Å². The maximum Gasteiger partial charge on any atom is 0.154 e. The third-order valence-corrected chi connectivity index (χ3v) is 2.59. The first-order valence-electron chi connectivity index (χ1n) is 4.40. The number of benzene rings is 1. The molecule has 0 heterocycles. The van der Waals surface area contributed by atoms with E-state index in [1.807, 2.05) is 0 Å². The van der Waals surface area contributed by atoms with Crippen LogP contribution in [-0.4, -0.2) is 27.5 Å². The van der Waals surface area contributed by atoms with Crippen LogP contribution in [0.25, 0.3) is 0 Å². The third-order valence-electron chi connectivity index (χ3n) is 2.59. The van der Waals surface area contributed by atoms with E-state index in [9.17, 15) is 19.7 Å². The molecule has 76 valence electrons. The summed E-state index contributed by atoms with van der Waals surface area (Å²) >= 11 is 0. The maximum absolute atomic E-state index is 13.5. The fourth-order valence-electron chi connectivity index (χ4n) is 1.76. The van der Waals surface area contributed by atoms with Gasteiger partial charge in [-0.15, -0.1) is 0 Å². The number of fused-ring (bicyclic) bond motifs is 1. The van der Waals surface area contributed by atoms with Crippen LogP contribution < -0.4 is 0 Å². The molecule has 1 aliphatic carbocycles. The predicted octanol–water partition coefficient (Wildman–Crippen LogP) is 0.466. The predicted molar refractivity (Wildman–Crippen MR) is 47.3 cm³/mol. The minimum Gasteiger partial charge on any atom is -0.387 e. The van der Waals surface area contributed by atoms with Crippen molar-refractivity contribution in [3.63, 3.8) is 0 Å². The molecular formula is C10H11FO3. The van der Waals surface area contributed by atoms with E-state index < -0.39 is 24.5 Å². The van der Waals surface area contributed by atoms with E-state index in [0.717, 1.165) is 0 Å². The molecule has 0 spiro atoms. The van der Waals surface area contributed by atoms with Crippen LogP contribution in [0.4, 0.5) is 4.39 Å². The number of alkyl halides is 1. The lowest BCUT2D eigenvalue weighted by Crippen LogP contribution is -2.40. The summed E-state index contributed by atoms with van der Waals surface area (Å²) in [6.07, 6.45) is -5.86. The summed E-state index contributed by atoms with van der Waals surface area (Å²) in [4.78, 5) is 0. The fraction of sp³-hybridized carbons (Fsp3) is 0.400. The van der Waals surface area contributed by atoms with Gasteiger partial charge in [-0.25, -0.2) is 4.39 Å². The molecule has 0 amide bonds. The molecule has 0 radical (unpaired) electrons. The van der Waals surface area contributed by atoms with Crippen LogP contribution in [0.5, 0.6) is 0 Å². The summed E-state index contributed by atoms with van der Waals surface area (Å²) in [5, 5.41) is 28.1. The van der Waals surface area contributed by atoms with Crippen molar-refractivity contribution in [3.8, 4) is 0 Å². The van der Waals surface area contributed by atoms with Gasteiger partial charge in [0.1, 0.15) is 18.3 Å². The van der Waals surface area contributed by atoms with Gasteiger partial charge in [0.2, 0.25) is 0 Å². The smallest absolute Gasteiger partial charge is 0.154 e. The number of halogens is 1. The van der Waals surface area contributed by atoms with Gasteiger partial charge in [0.05, 0.1) is 0 Å². The van der Waals surface area contributed by atoms with Gasteiger partial charge in [-0.1, -0.05) is 24.3 Å². The molecule has 4 atom stereocenters. The summed E-state index contributed by atoms with van der Waals surface area (Å²) in [6.45, 7) is 0. The molecule has 4 heteroatoms. The van der Waals surface area contributed by atoms with Crippen molar-refractivity contribution in [2.24, 2.45) is 0 Å². The van der Waals surface area contributed by atoms with E-state index in [2.05, 4.69) is 0 Å². The number of aliphatic hydroxyl groups is 3. The largest absolute Gasteiger partial charge is 0.387 e. The molecular weight excluding hydrogens is 187 g/mol. The molecule has 0 fully saturated rings. The van der Waals surface area contributed by atoms with Gasteiger partial charge in [0.15, 0.2) is 6.17 Å². The lowest BCUT2D eigenvalue weighted by atomic mass is 9.84. The molecule has 0 saturated carbocycles. The average molecular weight is 198 g/mol. The van der Waals surface area contributed by atoms with Crippen LogP contribution in [0.1, 0.15) is 23.4 Å². The molecule has 1 aliphatic rings. The second kappa shape index (κ2) is 3.31. The van der Waals surface area contributed by atoms with Crippen LogP contribution in [-0.2, 0) is 0 Å². The van der Waals surface area contributed by atoms with Crippen LogP contribution in [0.15, 0.2) is 24.3 Å². The monoisotopic (exact) mass is 198 g/mol. The van der Waals surface area contributed by atoms with Crippen molar-refractivity contribution in [2.75, 3.05) is 0 Å².